The summed E-state index contributed by atoms with van der Waals surface area (Å²) in [6, 6.07) is 11.5. The normalized spacial score (nSPS) is 12.7. The molecule has 174 valence electrons. The van der Waals surface area contributed by atoms with Crippen molar-refractivity contribution in [3.05, 3.63) is 64.2 Å². The van der Waals surface area contributed by atoms with Crippen molar-refractivity contribution in [3.63, 3.8) is 0 Å². The van der Waals surface area contributed by atoms with Crippen LogP contribution in [0.1, 0.15) is 61.4 Å². The molecule has 2 atom stereocenters. The number of hydrogen-bond donors (Lipinski definition) is 1. The first kappa shape index (κ1) is 25.4. The molecule has 0 aliphatic heterocycles. The summed E-state index contributed by atoms with van der Waals surface area (Å²) in [5.41, 5.74) is 5.36. The first-order valence-corrected chi connectivity index (χ1v) is 11.5. The van der Waals surface area contributed by atoms with E-state index in [2.05, 4.69) is 11.4 Å². The van der Waals surface area contributed by atoms with Gasteiger partial charge in [0.05, 0.1) is 0 Å². The molecule has 0 aliphatic carbocycles. The van der Waals surface area contributed by atoms with Crippen LogP contribution in [0.25, 0.3) is 0 Å². The van der Waals surface area contributed by atoms with Gasteiger partial charge < -0.3 is 15.0 Å². The van der Waals surface area contributed by atoms with Gasteiger partial charge in [-0.25, -0.2) is 0 Å². The summed E-state index contributed by atoms with van der Waals surface area (Å²) in [5.74, 6) is 0.396. The molecule has 0 radical (unpaired) electrons. The Labute approximate surface area is 193 Å². The third kappa shape index (κ3) is 6.59. The zero-order chi connectivity index (χ0) is 23.8. The van der Waals surface area contributed by atoms with Gasteiger partial charge >= 0.3 is 0 Å². The molecule has 0 fully saturated rings. The summed E-state index contributed by atoms with van der Waals surface area (Å²) in [6.07, 6.45) is 1.37. The molecule has 0 aliphatic rings. The third-order valence-electron chi connectivity index (χ3n) is 6.10. The van der Waals surface area contributed by atoms with Gasteiger partial charge in [0.25, 0.3) is 5.91 Å². The first-order valence-electron chi connectivity index (χ1n) is 11.5. The predicted octanol–water partition coefficient (Wildman–Crippen LogP) is 5.02. The highest BCUT2D eigenvalue weighted by Gasteiger charge is 2.30. The van der Waals surface area contributed by atoms with Crippen LogP contribution >= 0.6 is 0 Å². The van der Waals surface area contributed by atoms with Gasteiger partial charge in [-0.05, 0) is 81.3 Å². The van der Waals surface area contributed by atoms with E-state index in [0.29, 0.717) is 18.7 Å². The molecule has 1 N–H and O–H groups in total. The van der Waals surface area contributed by atoms with Crippen molar-refractivity contribution < 1.29 is 14.3 Å². The van der Waals surface area contributed by atoms with E-state index in [1.54, 1.807) is 4.90 Å². The molecular weight excluding hydrogens is 400 g/mol. The van der Waals surface area contributed by atoms with Crippen molar-refractivity contribution >= 4 is 11.8 Å². The number of aryl methyl sites for hydroxylation is 3. The van der Waals surface area contributed by atoms with E-state index in [1.807, 2.05) is 78.8 Å². The standard InChI is InChI=1S/C27H38N2O3/c1-8-21(6)28-27(31)24(9-2)29(16-23-13-11-10-12-19(23)4)26(30)17-32-25-15-18(3)14-20(5)22(25)7/h10-15,21,24H,8-9,16-17H2,1-7H3,(H,28,31)/t21-,24+/m1/s1. The van der Waals surface area contributed by atoms with Crippen LogP contribution < -0.4 is 10.1 Å². The highest BCUT2D eigenvalue weighted by molar-refractivity contribution is 5.88. The average Bonchev–Trinajstić information content (AvgIpc) is 2.75. The SMILES string of the molecule is CC[C@@H](C)NC(=O)[C@H](CC)N(Cc1ccccc1C)C(=O)COc1cc(C)cc(C)c1C. The van der Waals surface area contributed by atoms with Gasteiger partial charge in [-0.1, -0.05) is 44.2 Å². The minimum absolute atomic E-state index is 0.0566. The summed E-state index contributed by atoms with van der Waals surface area (Å²) in [5, 5.41) is 3.04. The quantitative estimate of drug-likeness (QED) is 0.567. The van der Waals surface area contributed by atoms with Crippen molar-refractivity contribution in [2.75, 3.05) is 6.61 Å². The van der Waals surface area contributed by atoms with Crippen molar-refractivity contribution in [2.24, 2.45) is 0 Å². The number of hydrogen-bond acceptors (Lipinski definition) is 3. The van der Waals surface area contributed by atoms with E-state index < -0.39 is 6.04 Å². The largest absolute Gasteiger partial charge is 0.483 e. The van der Waals surface area contributed by atoms with Gasteiger partial charge in [0.1, 0.15) is 11.8 Å². The number of nitrogens with one attached hydrogen (secondary N) is 1. The molecule has 0 aromatic heterocycles. The van der Waals surface area contributed by atoms with Gasteiger partial charge in [-0.3, -0.25) is 9.59 Å². The second-order valence-electron chi connectivity index (χ2n) is 8.68. The van der Waals surface area contributed by atoms with E-state index in [0.717, 1.165) is 34.2 Å². The second kappa shape index (κ2) is 11.7. The molecule has 0 heterocycles. The average molecular weight is 439 g/mol. The summed E-state index contributed by atoms with van der Waals surface area (Å²) in [6.45, 7) is 14.3. The Morgan fingerprint density at radius 3 is 2.31 bits per heavy atom. The fourth-order valence-electron chi connectivity index (χ4n) is 3.70. The van der Waals surface area contributed by atoms with Crippen LogP contribution in [0.3, 0.4) is 0 Å². The highest BCUT2D eigenvalue weighted by atomic mass is 16.5. The summed E-state index contributed by atoms with van der Waals surface area (Å²) in [7, 11) is 0. The molecular formula is C27H38N2O3. The van der Waals surface area contributed by atoms with Crippen LogP contribution in [-0.2, 0) is 16.1 Å². The van der Waals surface area contributed by atoms with Crippen molar-refractivity contribution in [1.29, 1.82) is 0 Å². The molecule has 0 spiro atoms. The molecule has 2 rings (SSSR count). The zero-order valence-electron chi connectivity index (χ0n) is 20.6. The topological polar surface area (TPSA) is 58.6 Å². The molecule has 0 saturated carbocycles. The highest BCUT2D eigenvalue weighted by Crippen LogP contribution is 2.24. The monoisotopic (exact) mass is 438 g/mol. The molecule has 5 nitrogen and oxygen atoms in total. The van der Waals surface area contributed by atoms with Crippen molar-refractivity contribution in [2.45, 2.75) is 79.9 Å². The maximum atomic E-state index is 13.4. The van der Waals surface area contributed by atoms with E-state index in [9.17, 15) is 9.59 Å². The van der Waals surface area contributed by atoms with Gasteiger partial charge in [0, 0.05) is 12.6 Å². The van der Waals surface area contributed by atoms with Crippen molar-refractivity contribution in [3.8, 4) is 5.75 Å². The number of carbonyl (C=O) groups is 2. The Bertz CT molecular complexity index is 938. The number of amides is 2. The van der Waals surface area contributed by atoms with Gasteiger partial charge in [0.2, 0.25) is 5.91 Å². The Kier molecular flexibility index (Phi) is 9.30. The number of nitrogens with zero attached hydrogens (tertiary/aromatic N) is 1. The van der Waals surface area contributed by atoms with Crippen LogP contribution in [0, 0.1) is 27.7 Å². The lowest BCUT2D eigenvalue weighted by Crippen LogP contribution is -2.51. The maximum Gasteiger partial charge on any atom is 0.261 e. The predicted molar refractivity (Wildman–Crippen MR) is 130 cm³/mol. The van der Waals surface area contributed by atoms with E-state index >= 15 is 0 Å². The Hall–Kier alpha value is -2.82. The van der Waals surface area contributed by atoms with Crippen LogP contribution in [0.15, 0.2) is 36.4 Å². The van der Waals surface area contributed by atoms with E-state index in [4.69, 9.17) is 4.74 Å². The van der Waals surface area contributed by atoms with Gasteiger partial charge in [-0.2, -0.15) is 0 Å². The number of carbonyl (C=O) groups excluding carboxylic acids is 2. The van der Waals surface area contributed by atoms with E-state index in [1.165, 1.54) is 0 Å². The van der Waals surface area contributed by atoms with Crippen LogP contribution in [0.5, 0.6) is 5.75 Å². The van der Waals surface area contributed by atoms with Crippen LogP contribution in [-0.4, -0.2) is 35.4 Å². The molecule has 0 unspecified atom stereocenters. The van der Waals surface area contributed by atoms with Crippen molar-refractivity contribution in [1.82, 2.24) is 10.2 Å². The molecule has 0 saturated heterocycles. The molecule has 2 aromatic carbocycles. The summed E-state index contributed by atoms with van der Waals surface area (Å²) < 4.78 is 5.96. The summed E-state index contributed by atoms with van der Waals surface area (Å²) >= 11 is 0. The van der Waals surface area contributed by atoms with Crippen LogP contribution in [0.2, 0.25) is 0 Å². The number of rotatable bonds is 10. The molecule has 32 heavy (non-hydrogen) atoms. The lowest BCUT2D eigenvalue weighted by Gasteiger charge is -2.32. The third-order valence-corrected chi connectivity index (χ3v) is 6.10. The second-order valence-corrected chi connectivity index (χ2v) is 8.68. The Morgan fingerprint density at radius 2 is 1.69 bits per heavy atom. The zero-order valence-corrected chi connectivity index (χ0v) is 20.6. The van der Waals surface area contributed by atoms with Gasteiger partial charge in [0.15, 0.2) is 6.61 Å². The minimum atomic E-state index is -0.556. The van der Waals surface area contributed by atoms with Gasteiger partial charge in [-0.15, -0.1) is 0 Å². The Balaban J connectivity index is 2.29. The maximum absolute atomic E-state index is 13.4. The fraction of sp³-hybridized carbons (Fsp3) is 0.481. The fourth-order valence-corrected chi connectivity index (χ4v) is 3.70. The summed E-state index contributed by atoms with van der Waals surface area (Å²) in [4.78, 5) is 28.1. The minimum Gasteiger partial charge on any atom is -0.483 e. The number of ether oxygens (including phenoxy) is 1. The molecule has 5 heteroatoms. The lowest BCUT2D eigenvalue weighted by atomic mass is 10.1. The van der Waals surface area contributed by atoms with Crippen LogP contribution in [0.4, 0.5) is 0 Å². The molecule has 0 bridgehead atoms. The number of benzene rings is 2. The van der Waals surface area contributed by atoms with E-state index in [-0.39, 0.29) is 24.5 Å². The Morgan fingerprint density at radius 1 is 1.00 bits per heavy atom. The first-order chi connectivity index (χ1) is 15.2. The smallest absolute Gasteiger partial charge is 0.261 e. The lowest BCUT2D eigenvalue weighted by molar-refractivity contribution is -0.143. The molecule has 2 aromatic rings. The molecule has 2 amide bonds.